The summed E-state index contributed by atoms with van der Waals surface area (Å²) in [7, 11) is 0. The molecule has 0 bridgehead atoms. The van der Waals surface area contributed by atoms with E-state index in [0.717, 1.165) is 25.2 Å². The zero-order chi connectivity index (χ0) is 29.6. The Bertz CT molecular complexity index is 1450. The van der Waals surface area contributed by atoms with Crippen molar-refractivity contribution in [3.8, 4) is 29.0 Å². The number of aromatic amines is 1. The summed E-state index contributed by atoms with van der Waals surface area (Å²) in [5, 5.41) is 2.53. The molecule has 216 valence electrons. The van der Waals surface area contributed by atoms with E-state index in [1.54, 1.807) is 11.8 Å². The van der Waals surface area contributed by atoms with Gasteiger partial charge in [0.05, 0.1) is 18.5 Å². The largest absolute Gasteiger partial charge is 0.491 e. The zero-order valence-corrected chi connectivity index (χ0v) is 21.9. The van der Waals surface area contributed by atoms with Gasteiger partial charge in [-0.3, -0.25) is 14.5 Å². The van der Waals surface area contributed by atoms with E-state index in [1.165, 1.54) is 18.2 Å². The second kappa shape index (κ2) is 12.8. The van der Waals surface area contributed by atoms with Crippen LogP contribution < -0.4 is 10.1 Å². The number of H-pyrrole nitrogens is 1. The number of nitrogens with one attached hydrogen (secondary N) is 2. The quantitative estimate of drug-likeness (QED) is 0.249. The zero-order valence-electron chi connectivity index (χ0n) is 21.9. The number of nitrogens with zero attached hydrogens (tertiary/aromatic N) is 3. The lowest BCUT2D eigenvalue weighted by atomic mass is 10.1. The van der Waals surface area contributed by atoms with Gasteiger partial charge >= 0.3 is 12.1 Å². The lowest BCUT2D eigenvalue weighted by molar-refractivity contribution is -0.140. The molecular weight excluding hydrogens is 549 g/mol. The summed E-state index contributed by atoms with van der Waals surface area (Å²) < 4.78 is 71.8. The highest BCUT2D eigenvalue weighted by Gasteiger charge is 2.33. The first-order valence-corrected chi connectivity index (χ1v) is 12.6. The number of aromatic nitrogens is 2. The molecule has 0 spiro atoms. The molecule has 2 heterocycles. The second-order valence-electron chi connectivity index (χ2n) is 9.27. The first kappa shape index (κ1) is 29.5. The van der Waals surface area contributed by atoms with Crippen LogP contribution in [0.25, 0.3) is 11.4 Å². The van der Waals surface area contributed by atoms with E-state index in [0.29, 0.717) is 38.3 Å². The van der Waals surface area contributed by atoms with Crippen LogP contribution in [0.3, 0.4) is 0 Å². The smallest absolute Gasteiger partial charge is 0.432 e. The molecule has 2 amide bonds. The molecule has 0 saturated carbocycles. The minimum Gasteiger partial charge on any atom is -0.491 e. The van der Waals surface area contributed by atoms with Crippen LogP contribution in [-0.4, -0.2) is 70.9 Å². The molecule has 1 saturated heterocycles. The number of ether oxygens (including phenoxy) is 1. The van der Waals surface area contributed by atoms with Gasteiger partial charge in [0.25, 0.3) is 0 Å². The Labute approximate surface area is 232 Å². The number of carbonyl (C=O) groups is 2. The maximum Gasteiger partial charge on any atom is 0.432 e. The third kappa shape index (κ3) is 8.28. The summed E-state index contributed by atoms with van der Waals surface area (Å²) in [6, 6.07) is 6.97. The number of imidazole rings is 1. The maximum absolute atomic E-state index is 13.4. The molecule has 0 radical (unpaired) electrons. The van der Waals surface area contributed by atoms with E-state index in [4.69, 9.17) is 4.74 Å². The van der Waals surface area contributed by atoms with Crippen LogP contribution in [-0.2, 0) is 15.8 Å². The van der Waals surface area contributed by atoms with Gasteiger partial charge in [-0.25, -0.2) is 13.8 Å². The number of benzene rings is 2. The van der Waals surface area contributed by atoms with Crippen LogP contribution in [0.15, 0.2) is 42.6 Å². The first-order valence-electron chi connectivity index (χ1n) is 12.6. The fourth-order valence-corrected chi connectivity index (χ4v) is 4.18. The third-order valence-electron chi connectivity index (χ3n) is 6.26. The molecule has 4 rings (SSSR count). The van der Waals surface area contributed by atoms with Crippen LogP contribution in [0.5, 0.6) is 5.75 Å². The molecule has 8 nitrogen and oxygen atoms in total. The first-order chi connectivity index (χ1) is 19.5. The van der Waals surface area contributed by atoms with E-state index < -0.39 is 29.4 Å². The van der Waals surface area contributed by atoms with Crippen molar-refractivity contribution in [1.82, 2.24) is 19.8 Å². The number of anilines is 1. The highest BCUT2D eigenvalue weighted by molar-refractivity contribution is 6.05. The maximum atomic E-state index is 13.4. The summed E-state index contributed by atoms with van der Waals surface area (Å²) >= 11 is 0. The van der Waals surface area contributed by atoms with Gasteiger partial charge in [-0.1, -0.05) is 5.92 Å². The lowest BCUT2D eigenvalue weighted by Gasteiger charge is -2.34. The molecule has 1 aromatic heterocycles. The van der Waals surface area contributed by atoms with Crippen LogP contribution >= 0.6 is 0 Å². The third-order valence-corrected chi connectivity index (χ3v) is 6.26. The Hall–Kier alpha value is -4.44. The number of alkyl halides is 3. The molecule has 1 aliphatic rings. The van der Waals surface area contributed by atoms with Gasteiger partial charge in [0.2, 0.25) is 5.91 Å². The van der Waals surface area contributed by atoms with Crippen molar-refractivity contribution in [3.63, 3.8) is 0 Å². The molecule has 3 aromatic rings. The van der Waals surface area contributed by atoms with Crippen LogP contribution in [0.1, 0.15) is 24.6 Å². The van der Waals surface area contributed by atoms with Crippen molar-refractivity contribution in [2.24, 2.45) is 0 Å². The van der Waals surface area contributed by atoms with Gasteiger partial charge < -0.3 is 19.9 Å². The van der Waals surface area contributed by atoms with Crippen molar-refractivity contribution in [2.45, 2.75) is 19.5 Å². The molecule has 2 N–H and O–H groups in total. The number of halogens is 5. The van der Waals surface area contributed by atoms with E-state index in [9.17, 15) is 31.5 Å². The molecule has 0 unspecified atom stereocenters. The van der Waals surface area contributed by atoms with Crippen LogP contribution in [0, 0.1) is 23.5 Å². The highest BCUT2D eigenvalue weighted by atomic mass is 19.4. The Morgan fingerprint density at radius 1 is 1.07 bits per heavy atom. The predicted molar refractivity (Wildman–Crippen MR) is 140 cm³/mol. The Kier molecular flexibility index (Phi) is 9.24. The summed E-state index contributed by atoms with van der Waals surface area (Å²) in [5.41, 5.74) is -0.725. The number of amides is 2. The second-order valence-corrected chi connectivity index (χ2v) is 9.27. The molecule has 1 fully saturated rings. The minimum absolute atomic E-state index is 0.0444. The average molecular weight is 576 g/mol. The minimum atomic E-state index is -4.62. The number of piperazine rings is 1. The Morgan fingerprint density at radius 2 is 1.78 bits per heavy atom. The van der Waals surface area contributed by atoms with Crippen molar-refractivity contribution < 1.29 is 36.3 Å². The van der Waals surface area contributed by atoms with Gasteiger partial charge in [-0.15, -0.1) is 0 Å². The number of hydrogen-bond acceptors (Lipinski definition) is 5. The van der Waals surface area contributed by atoms with E-state index >= 15 is 0 Å². The van der Waals surface area contributed by atoms with Crippen molar-refractivity contribution in [3.05, 3.63) is 65.5 Å². The van der Waals surface area contributed by atoms with Crippen molar-refractivity contribution in [1.29, 1.82) is 0 Å². The van der Waals surface area contributed by atoms with Gasteiger partial charge in [0.15, 0.2) is 0 Å². The summed E-state index contributed by atoms with van der Waals surface area (Å²) in [6.45, 7) is 5.31. The summed E-state index contributed by atoms with van der Waals surface area (Å²) in [6.07, 6.45) is -3.32. The monoisotopic (exact) mass is 575 g/mol. The Morgan fingerprint density at radius 3 is 2.41 bits per heavy atom. The topological polar surface area (TPSA) is 90.6 Å². The molecule has 1 aliphatic heterocycles. The fraction of sp³-hybridized carbons (Fsp3) is 0.321. The molecule has 0 aliphatic carbocycles. The number of rotatable bonds is 7. The van der Waals surface area contributed by atoms with Gasteiger partial charge in [0, 0.05) is 62.8 Å². The lowest BCUT2D eigenvalue weighted by Crippen LogP contribution is -2.48. The van der Waals surface area contributed by atoms with E-state index in [1.807, 2.05) is 0 Å². The fourth-order valence-electron chi connectivity index (χ4n) is 4.18. The number of carbonyl (C=O) groups excluding carboxylic acids is 2. The van der Waals surface area contributed by atoms with Crippen LogP contribution in [0.4, 0.5) is 27.6 Å². The van der Waals surface area contributed by atoms with Crippen LogP contribution in [0.2, 0.25) is 0 Å². The standard InChI is InChI=1S/C28H26F5N5O3/c1-18(39)38-10-8-37(9-11-38)7-2-12-41-24-5-4-20(27-34-17-25(36-27)28(31,32)33)15-23(24)35-26(40)6-3-19-13-21(29)16-22(30)14-19/h4-5,13-17H,2,7-12H2,1H3,(H,34,36)(H,35,40). The molecule has 41 heavy (non-hydrogen) atoms. The molecule has 13 heteroatoms. The predicted octanol–water partition coefficient (Wildman–Crippen LogP) is 4.30. The van der Waals surface area contributed by atoms with E-state index in [-0.39, 0.29) is 40.9 Å². The van der Waals surface area contributed by atoms with Gasteiger partial charge in [0.1, 0.15) is 28.9 Å². The van der Waals surface area contributed by atoms with Crippen molar-refractivity contribution in [2.75, 3.05) is 44.6 Å². The summed E-state index contributed by atoms with van der Waals surface area (Å²) in [5.74, 6) is 2.28. The SMILES string of the molecule is CC(=O)N1CCN(CCCOc2ccc(-c3ncc(C(F)(F)F)[nH]3)cc2NC(=O)C#Cc2cc(F)cc(F)c2)CC1. The van der Waals surface area contributed by atoms with E-state index in [2.05, 4.69) is 32.0 Å². The van der Waals surface area contributed by atoms with Gasteiger partial charge in [-0.2, -0.15) is 13.2 Å². The highest BCUT2D eigenvalue weighted by Crippen LogP contribution is 2.33. The molecule has 0 atom stereocenters. The van der Waals surface area contributed by atoms with Crippen molar-refractivity contribution >= 4 is 17.5 Å². The summed E-state index contributed by atoms with van der Waals surface area (Å²) in [4.78, 5) is 34.0. The number of hydrogen-bond donors (Lipinski definition) is 2. The normalized spacial score (nSPS) is 13.9. The Balaban J connectivity index is 1.46. The van der Waals surface area contributed by atoms with Gasteiger partial charge in [-0.05, 0) is 36.8 Å². The average Bonchev–Trinajstić information content (AvgIpc) is 3.42. The molecule has 2 aromatic carbocycles. The molecular formula is C28H26F5N5O3.